The molecular weight excluding hydrogens is 710 g/mol. The Labute approximate surface area is 308 Å². The second kappa shape index (κ2) is 12.6. The number of hydrogen-bond acceptors (Lipinski definition) is 0. The van der Waals surface area contributed by atoms with Crippen LogP contribution in [0.1, 0.15) is 125 Å². The minimum Gasteiger partial charge on any atom is -1.00 e. The molecule has 0 heterocycles. The van der Waals surface area contributed by atoms with Crippen LogP contribution in [-0.4, -0.2) is 3.71 Å². The van der Waals surface area contributed by atoms with E-state index in [4.69, 9.17) is 0 Å². The van der Waals surface area contributed by atoms with Gasteiger partial charge in [-0.25, -0.2) is 0 Å². The van der Waals surface area contributed by atoms with Gasteiger partial charge in [-0.05, 0) is 0 Å². The number of hydrogen-bond donors (Lipinski definition) is 0. The summed E-state index contributed by atoms with van der Waals surface area (Å²) in [6, 6.07) is 17.6. The Bertz CT molecular complexity index is 1900. The Morgan fingerprint density at radius 3 is 1.69 bits per heavy atom. The van der Waals surface area contributed by atoms with Crippen molar-refractivity contribution in [2.24, 2.45) is 11.3 Å². The van der Waals surface area contributed by atoms with E-state index in [1.54, 1.807) is 21.0 Å². The predicted octanol–water partition coefficient (Wildman–Crippen LogP) is 6.05. The molecule has 3 aromatic rings. The van der Waals surface area contributed by atoms with Crippen LogP contribution in [0.4, 0.5) is 4.39 Å². The van der Waals surface area contributed by atoms with Crippen LogP contribution in [0.25, 0.3) is 22.3 Å². The van der Waals surface area contributed by atoms with Gasteiger partial charge in [-0.2, -0.15) is 0 Å². The molecular formula is C44H49Cl2FZr. The zero-order valence-corrected chi connectivity index (χ0v) is 34.4. The van der Waals surface area contributed by atoms with Crippen molar-refractivity contribution in [3.05, 3.63) is 126 Å². The average Bonchev–Trinajstić information content (AvgIpc) is 3.62. The van der Waals surface area contributed by atoms with E-state index in [-0.39, 0.29) is 46.9 Å². The van der Waals surface area contributed by atoms with Crippen molar-refractivity contribution < 1.29 is 50.5 Å². The first-order chi connectivity index (χ1) is 21.5. The van der Waals surface area contributed by atoms with Crippen LogP contribution in [0.15, 0.2) is 81.2 Å². The van der Waals surface area contributed by atoms with Crippen molar-refractivity contribution in [3.8, 4) is 11.1 Å². The van der Waals surface area contributed by atoms with E-state index in [0.717, 1.165) is 6.42 Å². The molecule has 4 aliphatic carbocycles. The number of halogens is 3. The van der Waals surface area contributed by atoms with Gasteiger partial charge >= 0.3 is 286 Å². The van der Waals surface area contributed by atoms with Gasteiger partial charge < -0.3 is 24.8 Å². The molecule has 4 aliphatic rings. The fourth-order valence-corrected chi connectivity index (χ4v) is 18.1. The van der Waals surface area contributed by atoms with Crippen molar-refractivity contribution in [2.45, 2.75) is 97.0 Å². The molecule has 0 N–H and O–H groups in total. The molecule has 0 amide bonds. The van der Waals surface area contributed by atoms with Crippen molar-refractivity contribution in [3.63, 3.8) is 0 Å². The first-order valence-corrected chi connectivity index (χ1v) is 21.3. The van der Waals surface area contributed by atoms with Crippen LogP contribution in [0.5, 0.6) is 0 Å². The molecule has 0 saturated heterocycles. The molecule has 3 aromatic carbocycles. The molecule has 4 heteroatoms. The SMILES string of the molecule is CCC1=[C](/[Zr+2](=[CH]\c2ccc(F)cc2)[CH]2c3cc4c(cc3-c3cc5c(cc32)C(C)(C)C=C5C)C(C)=CC4(C)C)C(C)C=C1C(C)(C)C.[Cl-].[Cl-]. The number of benzene rings is 3. The molecule has 0 aromatic heterocycles. The van der Waals surface area contributed by atoms with Gasteiger partial charge in [-0.15, -0.1) is 0 Å². The molecule has 0 aliphatic heterocycles. The summed E-state index contributed by atoms with van der Waals surface area (Å²) in [4.78, 5) is 0. The average molecular weight is 759 g/mol. The Morgan fingerprint density at radius 2 is 1.25 bits per heavy atom. The summed E-state index contributed by atoms with van der Waals surface area (Å²) in [7, 11) is 0. The zero-order chi connectivity index (χ0) is 33.1. The minimum atomic E-state index is -2.78. The van der Waals surface area contributed by atoms with Crippen LogP contribution in [0, 0.1) is 17.2 Å². The maximum Gasteiger partial charge on any atom is -1.00 e. The first kappa shape index (κ1) is 37.1. The number of fused-ring (bicyclic) bond motifs is 5. The quantitative estimate of drug-likeness (QED) is 0.305. The van der Waals surface area contributed by atoms with Crippen LogP contribution in [0.3, 0.4) is 0 Å². The van der Waals surface area contributed by atoms with E-state index in [2.05, 4.69) is 122 Å². The topological polar surface area (TPSA) is 0 Å². The van der Waals surface area contributed by atoms with E-state index >= 15 is 0 Å². The van der Waals surface area contributed by atoms with Crippen LogP contribution >= 0.6 is 0 Å². The van der Waals surface area contributed by atoms with E-state index in [1.165, 1.54) is 66.8 Å². The first-order valence-electron chi connectivity index (χ1n) is 17.2. The Kier molecular flexibility index (Phi) is 9.74. The third-order valence-corrected chi connectivity index (χ3v) is 19.2. The Balaban J connectivity index is 0.00000225. The largest absolute Gasteiger partial charge is 1.00 e. The monoisotopic (exact) mass is 756 g/mol. The molecule has 0 nitrogen and oxygen atoms in total. The second-order valence-corrected chi connectivity index (χ2v) is 22.2. The van der Waals surface area contributed by atoms with Gasteiger partial charge in [0.1, 0.15) is 0 Å². The molecule has 0 saturated carbocycles. The van der Waals surface area contributed by atoms with Crippen molar-refractivity contribution >= 4 is 14.9 Å². The predicted molar refractivity (Wildman–Crippen MR) is 193 cm³/mol. The standard InChI is InChI=1S/C25H25.C12H19.C7H5F.2ClH.Zr/c1-14-12-24(3,4)22-8-16-7-17-9-23-19(15(2)13-25(23,5)6)11-21(17)20(16)10-18(14)22;1-6-10-7-9(2)8-11(10)12(3,4)5;1-6-2-4-7(8)5-3-6;;;/h7-13H,1-6H3;8-9H,6H2,1-5H3;1-5H;2*1H;/q;;;;;+2/p-2. The van der Waals surface area contributed by atoms with E-state index in [1.807, 2.05) is 12.1 Å². The molecule has 1 atom stereocenters. The fourth-order valence-electron chi connectivity index (χ4n) is 9.22. The molecule has 48 heavy (non-hydrogen) atoms. The maximum atomic E-state index is 14.2. The fraction of sp³-hybridized carbons (Fsp3) is 0.386. The molecule has 7 rings (SSSR count). The summed E-state index contributed by atoms with van der Waals surface area (Å²) in [5.74, 6) is 0.243. The van der Waals surface area contributed by atoms with Crippen LogP contribution in [0.2, 0.25) is 0 Å². The summed E-state index contributed by atoms with van der Waals surface area (Å²) in [5, 5.41) is 0. The van der Waals surface area contributed by atoms with E-state index in [9.17, 15) is 4.39 Å². The van der Waals surface area contributed by atoms with Gasteiger partial charge in [0.15, 0.2) is 0 Å². The maximum absolute atomic E-state index is 14.2. The molecule has 0 radical (unpaired) electrons. The smallest absolute Gasteiger partial charge is 1.00 e. The normalized spacial score (nSPS) is 19.9. The number of allylic oxidation sites excluding steroid dienone is 8. The Hall–Kier alpha value is -2.12. The molecule has 0 fully saturated rings. The van der Waals surface area contributed by atoms with Crippen molar-refractivity contribution in [1.82, 2.24) is 0 Å². The van der Waals surface area contributed by atoms with Gasteiger partial charge in [0.05, 0.1) is 0 Å². The summed E-state index contributed by atoms with van der Waals surface area (Å²) in [6.45, 7) is 26.0. The van der Waals surface area contributed by atoms with E-state index < -0.39 is 21.3 Å². The molecule has 250 valence electrons. The summed E-state index contributed by atoms with van der Waals surface area (Å²) < 4.78 is 19.0. The molecule has 0 spiro atoms. The van der Waals surface area contributed by atoms with Gasteiger partial charge in [0, 0.05) is 0 Å². The van der Waals surface area contributed by atoms with Crippen LogP contribution in [-0.2, 0) is 32.1 Å². The second-order valence-electron chi connectivity index (χ2n) is 16.5. The van der Waals surface area contributed by atoms with Gasteiger partial charge in [0.25, 0.3) is 0 Å². The minimum absolute atomic E-state index is 0. The third kappa shape index (κ3) is 5.81. The third-order valence-electron chi connectivity index (χ3n) is 11.2. The molecule has 0 bridgehead atoms. The van der Waals surface area contributed by atoms with Crippen molar-refractivity contribution in [1.29, 1.82) is 0 Å². The van der Waals surface area contributed by atoms with Gasteiger partial charge in [0.2, 0.25) is 0 Å². The summed E-state index contributed by atoms with van der Waals surface area (Å²) in [6.07, 6.45) is 8.56. The van der Waals surface area contributed by atoms with E-state index in [0.29, 0.717) is 9.54 Å². The van der Waals surface area contributed by atoms with Gasteiger partial charge in [-0.3, -0.25) is 0 Å². The zero-order valence-electron chi connectivity index (χ0n) is 30.4. The number of rotatable bonds is 4. The summed E-state index contributed by atoms with van der Waals surface area (Å²) in [5.41, 5.74) is 18.9. The Morgan fingerprint density at radius 1 is 0.771 bits per heavy atom. The van der Waals surface area contributed by atoms with Crippen LogP contribution < -0.4 is 24.8 Å². The van der Waals surface area contributed by atoms with Gasteiger partial charge in [-0.1, -0.05) is 0 Å². The van der Waals surface area contributed by atoms with Crippen molar-refractivity contribution in [2.75, 3.05) is 0 Å². The molecule has 1 unspecified atom stereocenters. The summed E-state index contributed by atoms with van der Waals surface area (Å²) >= 11 is -2.78.